The quantitative estimate of drug-likeness (QED) is 0.537. The van der Waals surface area contributed by atoms with E-state index in [9.17, 15) is 4.39 Å². The van der Waals surface area contributed by atoms with Gasteiger partial charge in [0.2, 0.25) is 0 Å². The number of aryl methyl sites for hydroxylation is 1. The van der Waals surface area contributed by atoms with Crippen LogP contribution < -0.4 is 24.8 Å². The minimum absolute atomic E-state index is 0.207. The summed E-state index contributed by atoms with van der Waals surface area (Å²) in [6, 6.07) is 8.85. The number of methoxy groups -OCH3 is 3. The summed E-state index contributed by atoms with van der Waals surface area (Å²) in [4.78, 5) is 4.21. The monoisotopic (exact) mass is 389 g/mol. The number of ether oxygens (including phenoxy) is 3. The molecule has 2 aromatic rings. The lowest BCUT2D eigenvalue weighted by atomic mass is 10.1. The number of rotatable bonds is 8. The molecule has 0 heterocycles. The molecule has 0 atom stereocenters. The third-order valence-corrected chi connectivity index (χ3v) is 4.40. The van der Waals surface area contributed by atoms with Crippen molar-refractivity contribution in [3.8, 4) is 17.2 Å². The fourth-order valence-electron chi connectivity index (χ4n) is 2.78. The van der Waals surface area contributed by atoms with Gasteiger partial charge in [0.05, 0.1) is 21.3 Å². The van der Waals surface area contributed by atoms with Crippen LogP contribution in [0.4, 0.5) is 4.39 Å². The third-order valence-electron chi connectivity index (χ3n) is 4.40. The zero-order valence-corrected chi connectivity index (χ0v) is 17.1. The first-order valence-electron chi connectivity index (χ1n) is 9.00. The fraction of sp³-hybridized carbons (Fsp3) is 0.381. The highest BCUT2D eigenvalue weighted by Crippen LogP contribution is 2.34. The van der Waals surface area contributed by atoms with Crippen LogP contribution in [0.5, 0.6) is 17.2 Å². The molecule has 0 saturated heterocycles. The highest BCUT2D eigenvalue weighted by molar-refractivity contribution is 5.79. The Morgan fingerprint density at radius 1 is 1.00 bits per heavy atom. The van der Waals surface area contributed by atoms with Crippen LogP contribution in [-0.2, 0) is 13.0 Å². The van der Waals surface area contributed by atoms with Gasteiger partial charge in [0.1, 0.15) is 23.1 Å². The minimum Gasteiger partial charge on any atom is -0.496 e. The number of hydrogen-bond acceptors (Lipinski definition) is 4. The average molecular weight is 389 g/mol. The van der Waals surface area contributed by atoms with Crippen molar-refractivity contribution in [1.82, 2.24) is 10.6 Å². The molecule has 0 spiro atoms. The summed E-state index contributed by atoms with van der Waals surface area (Å²) in [7, 11) is 6.53. The van der Waals surface area contributed by atoms with E-state index < -0.39 is 0 Å². The number of halogens is 1. The molecule has 7 heteroatoms. The van der Waals surface area contributed by atoms with Crippen LogP contribution in [0, 0.1) is 12.7 Å². The van der Waals surface area contributed by atoms with Gasteiger partial charge in [-0.25, -0.2) is 4.39 Å². The molecule has 28 heavy (non-hydrogen) atoms. The summed E-state index contributed by atoms with van der Waals surface area (Å²) < 4.78 is 29.9. The van der Waals surface area contributed by atoms with Crippen molar-refractivity contribution in [2.45, 2.75) is 19.9 Å². The van der Waals surface area contributed by atoms with E-state index in [4.69, 9.17) is 14.2 Å². The van der Waals surface area contributed by atoms with E-state index in [0.29, 0.717) is 48.3 Å². The fourth-order valence-corrected chi connectivity index (χ4v) is 2.78. The Labute approximate surface area is 165 Å². The lowest BCUT2D eigenvalue weighted by Crippen LogP contribution is -2.37. The Kier molecular flexibility index (Phi) is 7.92. The lowest BCUT2D eigenvalue weighted by Gasteiger charge is -2.16. The van der Waals surface area contributed by atoms with Crippen molar-refractivity contribution in [2.24, 2.45) is 4.99 Å². The van der Waals surface area contributed by atoms with E-state index >= 15 is 0 Å². The van der Waals surface area contributed by atoms with E-state index in [1.54, 1.807) is 41.4 Å². The molecule has 2 aromatic carbocycles. The molecule has 0 fully saturated rings. The Morgan fingerprint density at radius 2 is 1.68 bits per heavy atom. The molecule has 152 valence electrons. The van der Waals surface area contributed by atoms with E-state index in [0.717, 1.165) is 11.1 Å². The smallest absolute Gasteiger partial charge is 0.191 e. The standard InChI is InChI=1S/C21H28FN3O3/c1-14-6-7-15(10-18(14)22)13-25-21(23-2)24-9-8-17-19(27-4)11-16(26-3)12-20(17)28-5/h6-7,10-12H,8-9,13H2,1-5H3,(H2,23,24,25). The molecule has 0 amide bonds. The predicted octanol–water partition coefficient (Wildman–Crippen LogP) is 3.07. The van der Waals surface area contributed by atoms with Crippen molar-refractivity contribution < 1.29 is 18.6 Å². The molecule has 0 aliphatic carbocycles. The molecule has 2 rings (SSSR count). The van der Waals surface area contributed by atoms with E-state index in [-0.39, 0.29) is 5.82 Å². The second-order valence-corrected chi connectivity index (χ2v) is 6.20. The van der Waals surface area contributed by atoms with Crippen molar-refractivity contribution in [1.29, 1.82) is 0 Å². The Balaban J connectivity index is 1.96. The van der Waals surface area contributed by atoms with Crippen LogP contribution in [-0.4, -0.2) is 40.9 Å². The first-order valence-corrected chi connectivity index (χ1v) is 9.00. The van der Waals surface area contributed by atoms with Crippen molar-refractivity contribution >= 4 is 5.96 Å². The maximum absolute atomic E-state index is 13.7. The topological polar surface area (TPSA) is 64.1 Å². The van der Waals surface area contributed by atoms with Gasteiger partial charge < -0.3 is 24.8 Å². The van der Waals surface area contributed by atoms with Gasteiger partial charge in [0.25, 0.3) is 0 Å². The van der Waals surface area contributed by atoms with Gasteiger partial charge in [-0.15, -0.1) is 0 Å². The second-order valence-electron chi connectivity index (χ2n) is 6.20. The highest BCUT2D eigenvalue weighted by Gasteiger charge is 2.13. The Bertz CT molecular complexity index is 800. The van der Waals surface area contributed by atoms with Crippen LogP contribution in [0.2, 0.25) is 0 Å². The second kappa shape index (κ2) is 10.4. The van der Waals surface area contributed by atoms with Crippen LogP contribution in [0.1, 0.15) is 16.7 Å². The van der Waals surface area contributed by atoms with Crippen molar-refractivity contribution in [3.05, 3.63) is 52.8 Å². The van der Waals surface area contributed by atoms with Gasteiger partial charge in [-0.05, 0) is 30.5 Å². The Hall–Kier alpha value is -2.96. The van der Waals surface area contributed by atoms with E-state index in [2.05, 4.69) is 15.6 Å². The van der Waals surface area contributed by atoms with Gasteiger partial charge in [-0.1, -0.05) is 12.1 Å². The average Bonchev–Trinajstić information content (AvgIpc) is 2.72. The number of nitrogens with one attached hydrogen (secondary N) is 2. The molecule has 0 aliphatic rings. The Morgan fingerprint density at radius 3 is 2.21 bits per heavy atom. The summed E-state index contributed by atoms with van der Waals surface area (Å²) in [5, 5.41) is 6.43. The molecular weight excluding hydrogens is 361 g/mol. The SMILES string of the molecule is CN=C(NCCc1c(OC)cc(OC)cc1OC)NCc1ccc(C)c(F)c1. The molecule has 0 bridgehead atoms. The summed E-state index contributed by atoms with van der Waals surface area (Å²) >= 11 is 0. The number of nitrogens with zero attached hydrogens (tertiary/aromatic N) is 1. The van der Waals surface area contributed by atoms with Gasteiger partial charge >= 0.3 is 0 Å². The van der Waals surface area contributed by atoms with Crippen LogP contribution in [0.25, 0.3) is 0 Å². The summed E-state index contributed by atoms with van der Waals surface area (Å²) in [5.74, 6) is 2.51. The first kappa shape index (κ1) is 21.3. The largest absolute Gasteiger partial charge is 0.496 e. The normalized spacial score (nSPS) is 11.1. The van der Waals surface area contributed by atoms with Crippen LogP contribution >= 0.6 is 0 Å². The molecule has 0 radical (unpaired) electrons. The van der Waals surface area contributed by atoms with Crippen LogP contribution in [0.15, 0.2) is 35.3 Å². The molecule has 2 N–H and O–H groups in total. The van der Waals surface area contributed by atoms with Crippen LogP contribution in [0.3, 0.4) is 0 Å². The molecule has 0 aromatic heterocycles. The summed E-state index contributed by atoms with van der Waals surface area (Å²) in [6.45, 7) is 2.84. The van der Waals surface area contributed by atoms with E-state index in [1.807, 2.05) is 18.2 Å². The molecule has 0 aliphatic heterocycles. The molecule has 0 unspecified atom stereocenters. The summed E-state index contributed by atoms with van der Waals surface area (Å²) in [6.07, 6.45) is 0.663. The van der Waals surface area contributed by atoms with Gasteiger partial charge in [-0.3, -0.25) is 4.99 Å². The van der Waals surface area contributed by atoms with Gasteiger partial charge in [-0.2, -0.15) is 0 Å². The molecule has 6 nitrogen and oxygen atoms in total. The maximum Gasteiger partial charge on any atom is 0.191 e. The third kappa shape index (κ3) is 5.52. The zero-order chi connectivity index (χ0) is 20.5. The zero-order valence-electron chi connectivity index (χ0n) is 17.1. The van der Waals surface area contributed by atoms with Crippen molar-refractivity contribution in [2.75, 3.05) is 34.9 Å². The molecular formula is C21H28FN3O3. The number of hydrogen-bond donors (Lipinski definition) is 2. The highest BCUT2D eigenvalue weighted by atomic mass is 19.1. The number of aliphatic imine (C=N–C) groups is 1. The number of benzene rings is 2. The van der Waals surface area contributed by atoms with E-state index in [1.165, 1.54) is 6.07 Å². The van der Waals surface area contributed by atoms with Gasteiger partial charge in [0.15, 0.2) is 5.96 Å². The van der Waals surface area contributed by atoms with Crippen molar-refractivity contribution in [3.63, 3.8) is 0 Å². The number of guanidine groups is 1. The molecule has 0 saturated carbocycles. The first-order chi connectivity index (χ1) is 13.5. The van der Waals surface area contributed by atoms with Gasteiger partial charge in [0, 0.05) is 37.8 Å². The summed E-state index contributed by atoms with van der Waals surface area (Å²) in [5.41, 5.74) is 2.42. The lowest BCUT2D eigenvalue weighted by molar-refractivity contribution is 0.368. The minimum atomic E-state index is -0.207. The predicted molar refractivity (Wildman–Crippen MR) is 109 cm³/mol. The maximum atomic E-state index is 13.7.